The molecule has 0 radical (unpaired) electrons. The van der Waals surface area contributed by atoms with Crippen LogP contribution < -0.4 is 10.1 Å². The number of amides is 1. The number of carbonyl (C=O) groups is 1. The molecule has 2 aromatic carbocycles. The molecule has 0 heterocycles. The van der Waals surface area contributed by atoms with E-state index in [1.807, 2.05) is 31.2 Å². The number of aryl methyl sites for hydroxylation is 1. The Morgan fingerprint density at radius 2 is 1.71 bits per heavy atom. The van der Waals surface area contributed by atoms with Crippen molar-refractivity contribution in [2.24, 2.45) is 0 Å². The van der Waals surface area contributed by atoms with Gasteiger partial charge in [-0.15, -0.1) is 0 Å². The van der Waals surface area contributed by atoms with E-state index < -0.39 is 10.0 Å². The van der Waals surface area contributed by atoms with Gasteiger partial charge in [0.05, 0.1) is 4.90 Å². The summed E-state index contributed by atoms with van der Waals surface area (Å²) in [5.74, 6) is 0.141. The minimum absolute atomic E-state index is 0.159. The lowest BCUT2D eigenvalue weighted by atomic mass is 10.2. The quantitative estimate of drug-likeness (QED) is 0.869. The molecule has 0 atom stereocenters. The molecule has 0 aromatic heterocycles. The van der Waals surface area contributed by atoms with Crippen LogP contribution in [0.15, 0.2) is 53.4 Å². The highest BCUT2D eigenvalue weighted by atomic mass is 32.2. The van der Waals surface area contributed by atoms with Crippen LogP contribution in [0.3, 0.4) is 0 Å². The monoisotopic (exact) mass is 348 g/mol. The van der Waals surface area contributed by atoms with Crippen LogP contribution >= 0.6 is 0 Å². The number of para-hydroxylation sites is 1. The molecule has 2 aromatic rings. The van der Waals surface area contributed by atoms with Crippen LogP contribution in [-0.4, -0.2) is 39.3 Å². The van der Waals surface area contributed by atoms with Crippen LogP contribution in [0.2, 0.25) is 0 Å². The maximum absolute atomic E-state index is 12.0. The first-order valence-electron chi connectivity index (χ1n) is 7.31. The molecule has 0 unspecified atom stereocenters. The van der Waals surface area contributed by atoms with E-state index >= 15 is 0 Å². The van der Waals surface area contributed by atoms with Gasteiger partial charge in [-0.1, -0.05) is 18.2 Å². The fraction of sp³-hybridized carbons (Fsp3) is 0.235. The number of hydrogen-bond donors (Lipinski definition) is 1. The Bertz CT molecular complexity index is 815. The van der Waals surface area contributed by atoms with Crippen LogP contribution in [0.25, 0.3) is 0 Å². The maximum atomic E-state index is 12.0. The van der Waals surface area contributed by atoms with Gasteiger partial charge in [0.2, 0.25) is 10.0 Å². The summed E-state index contributed by atoms with van der Waals surface area (Å²) in [5, 5.41) is 2.76. The van der Waals surface area contributed by atoms with E-state index in [1.165, 1.54) is 38.4 Å². The molecular formula is C17H20N2O4S. The van der Waals surface area contributed by atoms with Gasteiger partial charge in [0.25, 0.3) is 5.91 Å². The van der Waals surface area contributed by atoms with Crippen molar-refractivity contribution < 1.29 is 17.9 Å². The van der Waals surface area contributed by atoms with E-state index in [2.05, 4.69) is 5.32 Å². The summed E-state index contributed by atoms with van der Waals surface area (Å²) < 4.78 is 30.5. The second-order valence-corrected chi connectivity index (χ2v) is 7.56. The highest BCUT2D eigenvalue weighted by Crippen LogP contribution is 2.18. The highest BCUT2D eigenvalue weighted by Gasteiger charge is 2.16. The van der Waals surface area contributed by atoms with E-state index in [-0.39, 0.29) is 17.4 Å². The fourth-order valence-electron chi connectivity index (χ4n) is 1.97. The molecule has 0 fully saturated rings. The van der Waals surface area contributed by atoms with E-state index in [4.69, 9.17) is 4.74 Å². The Balaban J connectivity index is 1.95. The fourth-order valence-corrected chi connectivity index (χ4v) is 2.87. The maximum Gasteiger partial charge on any atom is 0.262 e. The molecule has 1 amide bonds. The van der Waals surface area contributed by atoms with Gasteiger partial charge >= 0.3 is 0 Å². The summed E-state index contributed by atoms with van der Waals surface area (Å²) in [6.07, 6.45) is 0. The topological polar surface area (TPSA) is 75.7 Å². The molecule has 2 rings (SSSR count). The standard InChI is InChI=1S/C17H20N2O4S/c1-13-6-4-5-7-16(13)18-17(20)12-23-14-8-10-15(11-9-14)24(21,22)19(2)3/h4-11H,12H2,1-3H3,(H,18,20). The number of ether oxygens (including phenoxy) is 1. The normalized spacial score (nSPS) is 11.3. The molecule has 0 saturated carbocycles. The van der Waals surface area contributed by atoms with E-state index in [0.717, 1.165) is 15.6 Å². The van der Waals surface area contributed by atoms with E-state index in [0.29, 0.717) is 5.75 Å². The molecular weight excluding hydrogens is 328 g/mol. The molecule has 24 heavy (non-hydrogen) atoms. The lowest BCUT2D eigenvalue weighted by Gasteiger charge is -2.12. The van der Waals surface area contributed by atoms with Gasteiger partial charge in [-0.05, 0) is 42.8 Å². The second-order valence-electron chi connectivity index (χ2n) is 5.41. The number of anilines is 1. The average molecular weight is 348 g/mol. The summed E-state index contributed by atoms with van der Waals surface area (Å²) in [6, 6.07) is 13.4. The molecule has 0 aliphatic carbocycles. The predicted molar refractivity (Wildman–Crippen MR) is 92.6 cm³/mol. The Morgan fingerprint density at radius 3 is 2.29 bits per heavy atom. The van der Waals surface area contributed by atoms with Crippen molar-refractivity contribution in [3.8, 4) is 5.75 Å². The highest BCUT2D eigenvalue weighted by molar-refractivity contribution is 7.89. The van der Waals surface area contributed by atoms with Crippen LogP contribution in [0.1, 0.15) is 5.56 Å². The molecule has 0 bridgehead atoms. The third kappa shape index (κ3) is 4.33. The van der Waals surface area contributed by atoms with Gasteiger partial charge < -0.3 is 10.1 Å². The number of sulfonamides is 1. The smallest absolute Gasteiger partial charge is 0.262 e. The van der Waals surface area contributed by atoms with Crippen molar-refractivity contribution >= 4 is 21.6 Å². The van der Waals surface area contributed by atoms with Gasteiger partial charge in [0, 0.05) is 19.8 Å². The Hall–Kier alpha value is -2.38. The van der Waals surface area contributed by atoms with Crippen molar-refractivity contribution in [3.63, 3.8) is 0 Å². The third-order valence-corrected chi connectivity index (χ3v) is 5.22. The Kier molecular flexibility index (Phi) is 5.58. The molecule has 0 spiro atoms. The van der Waals surface area contributed by atoms with Gasteiger partial charge in [-0.25, -0.2) is 12.7 Å². The van der Waals surface area contributed by atoms with Gasteiger partial charge in [0.15, 0.2) is 6.61 Å². The van der Waals surface area contributed by atoms with Crippen molar-refractivity contribution in [1.82, 2.24) is 4.31 Å². The van der Waals surface area contributed by atoms with Gasteiger partial charge in [-0.3, -0.25) is 4.79 Å². The minimum atomic E-state index is -3.47. The average Bonchev–Trinajstić information content (AvgIpc) is 2.55. The second kappa shape index (κ2) is 7.46. The van der Waals surface area contributed by atoms with E-state index in [9.17, 15) is 13.2 Å². The number of hydrogen-bond acceptors (Lipinski definition) is 4. The van der Waals surface area contributed by atoms with Crippen molar-refractivity contribution in [2.75, 3.05) is 26.0 Å². The Morgan fingerprint density at radius 1 is 1.08 bits per heavy atom. The zero-order valence-corrected chi connectivity index (χ0v) is 14.6. The summed E-state index contributed by atoms with van der Waals surface area (Å²) in [4.78, 5) is 12.1. The number of nitrogens with zero attached hydrogens (tertiary/aromatic N) is 1. The molecule has 0 aliphatic rings. The van der Waals surface area contributed by atoms with Gasteiger partial charge in [-0.2, -0.15) is 0 Å². The molecule has 0 aliphatic heterocycles. The largest absolute Gasteiger partial charge is 0.484 e. The number of benzene rings is 2. The molecule has 0 saturated heterocycles. The van der Waals surface area contributed by atoms with Gasteiger partial charge in [0.1, 0.15) is 5.75 Å². The molecule has 1 N–H and O–H groups in total. The van der Waals surface area contributed by atoms with Crippen LogP contribution in [0.5, 0.6) is 5.75 Å². The first-order valence-corrected chi connectivity index (χ1v) is 8.75. The number of nitrogens with one attached hydrogen (secondary N) is 1. The summed E-state index contributed by atoms with van der Waals surface area (Å²) in [7, 11) is -0.536. The minimum Gasteiger partial charge on any atom is -0.484 e. The molecule has 7 heteroatoms. The summed E-state index contributed by atoms with van der Waals surface area (Å²) in [6.45, 7) is 1.74. The van der Waals surface area contributed by atoms with Crippen molar-refractivity contribution in [1.29, 1.82) is 0 Å². The lowest BCUT2D eigenvalue weighted by Crippen LogP contribution is -2.22. The SMILES string of the molecule is Cc1ccccc1NC(=O)COc1ccc(S(=O)(=O)N(C)C)cc1. The predicted octanol–water partition coefficient (Wildman–Crippen LogP) is 2.26. The van der Waals surface area contributed by atoms with Crippen molar-refractivity contribution in [3.05, 3.63) is 54.1 Å². The van der Waals surface area contributed by atoms with E-state index in [1.54, 1.807) is 0 Å². The molecule has 128 valence electrons. The van der Waals surface area contributed by atoms with Crippen molar-refractivity contribution in [2.45, 2.75) is 11.8 Å². The number of rotatable bonds is 6. The third-order valence-electron chi connectivity index (χ3n) is 3.39. The van der Waals surface area contributed by atoms with Crippen LogP contribution in [0.4, 0.5) is 5.69 Å². The van der Waals surface area contributed by atoms with Crippen LogP contribution in [-0.2, 0) is 14.8 Å². The number of carbonyl (C=O) groups excluding carboxylic acids is 1. The first kappa shape index (κ1) is 18.0. The molecule has 6 nitrogen and oxygen atoms in total. The first-order chi connectivity index (χ1) is 11.3. The van der Waals surface area contributed by atoms with Crippen LogP contribution in [0, 0.1) is 6.92 Å². The summed E-state index contributed by atoms with van der Waals surface area (Å²) >= 11 is 0. The lowest BCUT2D eigenvalue weighted by molar-refractivity contribution is -0.118. The zero-order valence-electron chi connectivity index (χ0n) is 13.8. The Labute approximate surface area is 142 Å². The zero-order chi connectivity index (χ0) is 17.7. The summed E-state index contributed by atoms with van der Waals surface area (Å²) in [5.41, 5.74) is 1.70.